The zero-order chi connectivity index (χ0) is 56.3. The summed E-state index contributed by atoms with van der Waals surface area (Å²) in [6.45, 7) is 1.04. The Kier molecular flexibility index (Phi) is 27.2. The normalized spacial score (nSPS) is 23.7. The van der Waals surface area contributed by atoms with Crippen LogP contribution in [0.1, 0.15) is 141 Å². The Labute approximate surface area is 440 Å². The predicted molar refractivity (Wildman–Crippen MR) is 271 cm³/mol. The minimum atomic E-state index is -1.88. The van der Waals surface area contributed by atoms with Crippen molar-refractivity contribution in [2.45, 2.75) is 190 Å². The van der Waals surface area contributed by atoms with Crippen molar-refractivity contribution in [3.8, 4) is 5.75 Å². The summed E-state index contributed by atoms with van der Waals surface area (Å²) in [6, 6.07) is -7.68. The van der Waals surface area contributed by atoms with Gasteiger partial charge in [-0.15, -0.1) is 0 Å². The molecule has 0 aromatic heterocycles. The van der Waals surface area contributed by atoms with Crippen molar-refractivity contribution in [3.05, 3.63) is 29.8 Å². The lowest BCUT2D eigenvalue weighted by Gasteiger charge is -2.31. The van der Waals surface area contributed by atoms with E-state index in [2.05, 4.69) is 44.1 Å². The van der Waals surface area contributed by atoms with Crippen molar-refractivity contribution in [2.75, 3.05) is 13.2 Å². The van der Waals surface area contributed by atoms with Gasteiger partial charge in [-0.2, -0.15) is 0 Å². The number of unbranched alkanes of at least 4 members (excludes halogenated alkanes) is 10. The number of fused-ring (bicyclic) bond motifs is 1. The van der Waals surface area contributed by atoms with Crippen LogP contribution >= 0.6 is 0 Å². The predicted octanol–water partition coefficient (Wildman–Crippen LogP) is -2.09. The lowest BCUT2D eigenvalue weighted by atomic mass is 10.0. The second kappa shape index (κ2) is 32.8. The molecule has 2 heterocycles. The number of carboxylic acids is 1. The fourth-order valence-corrected chi connectivity index (χ4v) is 8.94. The molecule has 8 atom stereocenters. The molecule has 0 aliphatic carbocycles. The van der Waals surface area contributed by atoms with E-state index in [0.29, 0.717) is 18.4 Å². The summed E-state index contributed by atoms with van der Waals surface area (Å²) in [7, 11) is 0. The maximum Gasteiger partial charge on any atom is 0.305 e. The molecule has 1 aromatic carbocycles. The summed E-state index contributed by atoms with van der Waals surface area (Å²) in [5, 5.41) is 46.9. The first-order chi connectivity index (χ1) is 36.1. The highest BCUT2D eigenvalue weighted by Gasteiger charge is 2.41. The quantitative estimate of drug-likeness (QED) is 0.0494. The van der Waals surface area contributed by atoms with Gasteiger partial charge >= 0.3 is 5.97 Å². The molecule has 16 N–H and O–H groups in total. The van der Waals surface area contributed by atoms with Crippen LogP contribution in [0.3, 0.4) is 0 Å². The van der Waals surface area contributed by atoms with Crippen LogP contribution in [-0.4, -0.2) is 153 Å². The number of rotatable bonds is 24. The molecule has 422 valence electrons. The first kappa shape index (κ1) is 62.9. The van der Waals surface area contributed by atoms with E-state index in [0.717, 1.165) is 43.4 Å². The Hall–Kier alpha value is -7.38. The van der Waals surface area contributed by atoms with Crippen LogP contribution in [0.25, 0.3) is 0 Å². The smallest absolute Gasteiger partial charge is 0.305 e. The molecule has 26 nitrogen and oxygen atoms in total. The fraction of sp³-hybridized carbons (Fsp3) is 0.640. The van der Waals surface area contributed by atoms with Crippen molar-refractivity contribution in [3.63, 3.8) is 0 Å². The summed E-state index contributed by atoms with van der Waals surface area (Å²) >= 11 is 0. The minimum absolute atomic E-state index is 0.00342. The van der Waals surface area contributed by atoms with Crippen molar-refractivity contribution in [1.29, 1.82) is 0 Å². The molecule has 2 fully saturated rings. The molecular weight excluding hydrogens is 995 g/mol. The number of amides is 11. The lowest BCUT2D eigenvalue weighted by molar-refractivity contribution is -0.143. The van der Waals surface area contributed by atoms with Crippen molar-refractivity contribution in [2.24, 2.45) is 17.2 Å². The molecule has 11 amide bonds. The number of nitrogens with zero attached hydrogens (tertiary/aromatic N) is 1. The highest BCUT2D eigenvalue weighted by Crippen LogP contribution is 2.21. The van der Waals surface area contributed by atoms with Gasteiger partial charge in [0.1, 0.15) is 48.0 Å². The summed E-state index contributed by atoms with van der Waals surface area (Å²) in [5.74, 6) is -13.4. The Balaban J connectivity index is 2.10. The number of aliphatic hydroxyl groups is 1. The zero-order valence-electron chi connectivity index (χ0n) is 43.1. The van der Waals surface area contributed by atoms with Gasteiger partial charge in [-0.05, 0) is 43.4 Å². The molecule has 2 aliphatic heterocycles. The van der Waals surface area contributed by atoms with Gasteiger partial charge in [0, 0.05) is 31.8 Å². The lowest BCUT2D eigenvalue weighted by Crippen LogP contribution is -2.60. The first-order valence-corrected chi connectivity index (χ1v) is 26.0. The molecule has 76 heavy (non-hydrogen) atoms. The van der Waals surface area contributed by atoms with Crippen LogP contribution in [0.2, 0.25) is 0 Å². The van der Waals surface area contributed by atoms with Crippen LogP contribution in [0.5, 0.6) is 5.75 Å². The van der Waals surface area contributed by atoms with E-state index < -0.39 is 164 Å². The molecular formula is C50H77N11O15. The number of primary amides is 3. The number of carbonyl (C=O) groups excluding carboxylic acids is 11. The maximum atomic E-state index is 14.3. The number of nitrogens with two attached hydrogens (primary N) is 3. The van der Waals surface area contributed by atoms with Gasteiger partial charge in [0.05, 0.1) is 25.9 Å². The van der Waals surface area contributed by atoms with Crippen LogP contribution in [-0.2, 0) is 64.0 Å². The molecule has 1 unspecified atom stereocenters. The molecule has 0 radical (unpaired) electrons. The molecule has 2 aliphatic rings. The number of phenolic OH excluding ortho intramolecular Hbond substituents is 1. The van der Waals surface area contributed by atoms with Crippen molar-refractivity contribution < 1.29 is 72.9 Å². The fourth-order valence-electron chi connectivity index (χ4n) is 8.94. The minimum Gasteiger partial charge on any atom is -0.508 e. The Morgan fingerprint density at radius 2 is 1.04 bits per heavy atom. The van der Waals surface area contributed by atoms with E-state index in [-0.39, 0.29) is 38.0 Å². The Morgan fingerprint density at radius 1 is 0.566 bits per heavy atom. The Bertz CT molecular complexity index is 2200. The van der Waals surface area contributed by atoms with E-state index >= 15 is 0 Å². The van der Waals surface area contributed by atoms with Crippen molar-refractivity contribution in [1.82, 2.24) is 42.1 Å². The third-order valence-corrected chi connectivity index (χ3v) is 13.0. The highest BCUT2D eigenvalue weighted by atomic mass is 16.4. The van der Waals surface area contributed by atoms with E-state index in [4.69, 9.17) is 17.2 Å². The number of nitrogens with one attached hydrogen (secondary N) is 7. The SMILES string of the molecule is CCCCCCCCCCCCCC1CC(=O)N[C@@H](CC(=O)O)C(=O)N[C@@H](Cc2ccc(O)cc2)C(=O)N[C@@H](CC(N)=O)C(=O)N[C@@H](CCC(N)=O)C(=O)N2CCC[C@H]2C(=O)N[C@@H](CC(N)=O)C(=O)N[C@@H](CO)C(=O)N1. The van der Waals surface area contributed by atoms with Crippen molar-refractivity contribution >= 4 is 70.9 Å². The second-order valence-corrected chi connectivity index (χ2v) is 19.3. The van der Waals surface area contributed by atoms with Gasteiger partial charge in [-0.25, -0.2) is 0 Å². The molecule has 0 spiro atoms. The monoisotopic (exact) mass is 1070 g/mol. The summed E-state index contributed by atoms with van der Waals surface area (Å²) in [4.78, 5) is 162. The maximum absolute atomic E-state index is 14.3. The second-order valence-electron chi connectivity index (χ2n) is 19.3. The van der Waals surface area contributed by atoms with Gasteiger partial charge in [-0.1, -0.05) is 89.7 Å². The highest BCUT2D eigenvalue weighted by molar-refractivity contribution is 6.00. The summed E-state index contributed by atoms with van der Waals surface area (Å²) < 4.78 is 0. The topological polar surface area (TPSA) is 431 Å². The number of hydrogen-bond donors (Lipinski definition) is 13. The molecule has 2 saturated heterocycles. The largest absolute Gasteiger partial charge is 0.508 e. The zero-order valence-corrected chi connectivity index (χ0v) is 43.1. The van der Waals surface area contributed by atoms with Crippen LogP contribution in [0.15, 0.2) is 24.3 Å². The number of benzene rings is 1. The van der Waals surface area contributed by atoms with Crippen LogP contribution in [0, 0.1) is 0 Å². The number of aromatic hydroxyl groups is 1. The average molecular weight is 1070 g/mol. The van der Waals surface area contributed by atoms with E-state index in [1.165, 1.54) is 43.5 Å². The standard InChI is InChI=1S/C50H77N11O15/c1-2-3-4-5-6-7-8-9-10-11-12-14-30-24-42(67)55-36(27-43(68)69)47(73)57-33(23-29-16-18-31(63)19-17-29)44(70)58-34(25-40(52)65)45(71)56-32(20-21-39(51)64)50(76)61-22-13-15-38(61)49(75)59-35(26-41(53)66)46(72)60-37(28-62)48(74)54-30/h16-19,30,32-38,62-63H,2-15,20-28H2,1H3,(H2,51,64)(H2,52,65)(H2,53,66)(H,54,74)(H,55,67)(H,56,71)(H,57,73)(H,58,70)(H,59,75)(H,60,72)(H,68,69)/t30?,32-,33-,34-,35-,36-,37-,38-/m0/s1. The third kappa shape index (κ3) is 22.6. The number of carboxylic acid groups (broad SMARTS) is 1. The number of hydrogen-bond acceptors (Lipinski definition) is 14. The molecule has 0 saturated carbocycles. The average Bonchev–Trinajstić information content (AvgIpc) is 3.85. The van der Waals surface area contributed by atoms with E-state index in [1.807, 2.05) is 0 Å². The van der Waals surface area contributed by atoms with Gasteiger partial charge in [0.25, 0.3) is 0 Å². The summed E-state index contributed by atoms with van der Waals surface area (Å²) in [6.07, 6.45) is 6.62. The third-order valence-electron chi connectivity index (χ3n) is 13.0. The van der Waals surface area contributed by atoms with Crippen LogP contribution in [0.4, 0.5) is 0 Å². The number of aliphatic hydroxyl groups excluding tert-OH is 1. The van der Waals surface area contributed by atoms with Crippen LogP contribution < -0.4 is 54.4 Å². The van der Waals surface area contributed by atoms with E-state index in [9.17, 15) is 72.9 Å². The first-order valence-electron chi connectivity index (χ1n) is 26.0. The van der Waals surface area contributed by atoms with Gasteiger partial charge in [-0.3, -0.25) is 57.5 Å². The molecule has 26 heteroatoms. The molecule has 0 bridgehead atoms. The molecule has 3 rings (SSSR count). The van der Waals surface area contributed by atoms with E-state index in [1.54, 1.807) is 0 Å². The number of phenols is 1. The van der Waals surface area contributed by atoms with Gasteiger partial charge in [0.2, 0.25) is 65.0 Å². The molecule has 1 aromatic rings. The number of carbonyl (C=O) groups is 12. The van der Waals surface area contributed by atoms with Gasteiger partial charge < -0.3 is 74.6 Å². The summed E-state index contributed by atoms with van der Waals surface area (Å²) in [5.41, 5.74) is 16.6. The van der Waals surface area contributed by atoms with Gasteiger partial charge in [0.15, 0.2) is 0 Å². The number of aliphatic carboxylic acids is 1. The Morgan fingerprint density at radius 3 is 1.57 bits per heavy atom.